The molecule has 0 spiro atoms. The van der Waals surface area contributed by atoms with Gasteiger partial charge in [0.05, 0.1) is 11.1 Å². The van der Waals surface area contributed by atoms with Gasteiger partial charge in [-0.15, -0.1) is 5.10 Å². The molecule has 2 rings (SSSR count). The molecule has 0 radical (unpaired) electrons. The smallest absolute Gasteiger partial charge is 0.336 e. The van der Waals surface area contributed by atoms with Crippen LogP contribution in [-0.4, -0.2) is 21.3 Å². The molecular weight excluding hydrogens is 198 g/mol. The molecule has 0 aliphatic rings. The van der Waals surface area contributed by atoms with Crippen LogP contribution in [0.25, 0.3) is 11.5 Å². The monoisotopic (exact) mass is 205 g/mol. The van der Waals surface area contributed by atoms with Gasteiger partial charge in [-0.1, -0.05) is 17.2 Å². The molecule has 0 atom stereocenters. The molecule has 3 N–H and O–H groups in total. The molecule has 0 saturated heterocycles. The van der Waals surface area contributed by atoms with Crippen molar-refractivity contribution < 1.29 is 14.3 Å². The SMILES string of the molecule is Nc1nnc(-c2ccccc2C(=O)O)o1. The highest BCUT2D eigenvalue weighted by Gasteiger charge is 2.15. The number of aromatic carboxylic acids is 1. The summed E-state index contributed by atoms with van der Waals surface area (Å²) in [4.78, 5) is 10.9. The van der Waals surface area contributed by atoms with Crippen LogP contribution in [0.15, 0.2) is 28.7 Å². The number of carboxylic acid groups (broad SMARTS) is 1. The number of nitrogen functional groups attached to an aromatic ring is 1. The summed E-state index contributed by atoms with van der Waals surface area (Å²) in [5.41, 5.74) is 5.71. The summed E-state index contributed by atoms with van der Waals surface area (Å²) in [5.74, 6) is -0.951. The van der Waals surface area contributed by atoms with E-state index in [1.165, 1.54) is 6.07 Å². The maximum absolute atomic E-state index is 10.9. The summed E-state index contributed by atoms with van der Waals surface area (Å²) in [6, 6.07) is 6.24. The lowest BCUT2D eigenvalue weighted by Crippen LogP contribution is -1.99. The van der Waals surface area contributed by atoms with Gasteiger partial charge < -0.3 is 15.3 Å². The summed E-state index contributed by atoms with van der Waals surface area (Å²) < 4.78 is 4.95. The Morgan fingerprint density at radius 2 is 2.07 bits per heavy atom. The molecule has 0 fully saturated rings. The molecule has 1 aromatic heterocycles. The topological polar surface area (TPSA) is 102 Å². The number of hydrogen-bond donors (Lipinski definition) is 2. The zero-order valence-corrected chi connectivity index (χ0v) is 7.54. The Kier molecular flexibility index (Phi) is 2.09. The van der Waals surface area contributed by atoms with Gasteiger partial charge in [0.2, 0.25) is 0 Å². The van der Waals surface area contributed by atoms with Crippen molar-refractivity contribution in [1.82, 2.24) is 10.2 Å². The fourth-order valence-corrected chi connectivity index (χ4v) is 1.20. The lowest BCUT2D eigenvalue weighted by atomic mass is 10.1. The molecule has 0 aliphatic heterocycles. The highest BCUT2D eigenvalue weighted by molar-refractivity contribution is 5.94. The molecule has 0 aliphatic carbocycles. The van der Waals surface area contributed by atoms with Crippen molar-refractivity contribution in [2.45, 2.75) is 0 Å². The van der Waals surface area contributed by atoms with Crippen molar-refractivity contribution in [3.63, 3.8) is 0 Å². The van der Waals surface area contributed by atoms with Gasteiger partial charge in [-0.2, -0.15) is 0 Å². The Morgan fingerprint density at radius 1 is 1.33 bits per heavy atom. The zero-order chi connectivity index (χ0) is 10.8. The predicted octanol–water partition coefficient (Wildman–Crippen LogP) is 1.02. The summed E-state index contributed by atoms with van der Waals surface area (Å²) in [6.07, 6.45) is 0. The predicted molar refractivity (Wildman–Crippen MR) is 51.1 cm³/mol. The largest absolute Gasteiger partial charge is 0.478 e. The van der Waals surface area contributed by atoms with Crippen LogP contribution in [0.4, 0.5) is 6.01 Å². The molecular formula is C9H7N3O3. The number of carboxylic acids is 1. The second-order valence-corrected chi connectivity index (χ2v) is 2.80. The average Bonchev–Trinajstić information content (AvgIpc) is 2.65. The van der Waals surface area contributed by atoms with E-state index in [1.807, 2.05) is 0 Å². The fourth-order valence-electron chi connectivity index (χ4n) is 1.20. The molecule has 0 amide bonds. The zero-order valence-electron chi connectivity index (χ0n) is 7.54. The van der Waals surface area contributed by atoms with Gasteiger partial charge >= 0.3 is 12.0 Å². The molecule has 6 nitrogen and oxygen atoms in total. The van der Waals surface area contributed by atoms with E-state index in [1.54, 1.807) is 18.2 Å². The molecule has 76 valence electrons. The Morgan fingerprint density at radius 3 is 2.67 bits per heavy atom. The normalized spacial score (nSPS) is 10.1. The number of nitrogens with two attached hydrogens (primary N) is 1. The number of aromatic nitrogens is 2. The summed E-state index contributed by atoms with van der Waals surface area (Å²) >= 11 is 0. The standard InChI is InChI=1S/C9H7N3O3/c10-9-12-11-7(15-9)5-3-1-2-4-6(5)8(13)14/h1-4H,(H2,10,12)(H,13,14). The first-order valence-electron chi connectivity index (χ1n) is 4.10. The van der Waals surface area contributed by atoms with Gasteiger partial charge in [0.25, 0.3) is 5.89 Å². The number of hydrogen-bond acceptors (Lipinski definition) is 5. The third kappa shape index (κ3) is 1.64. The molecule has 2 aromatic rings. The van der Waals surface area contributed by atoms with Crippen molar-refractivity contribution in [3.05, 3.63) is 29.8 Å². The first-order valence-corrected chi connectivity index (χ1v) is 4.10. The van der Waals surface area contributed by atoms with Gasteiger partial charge in [0.1, 0.15) is 0 Å². The Hall–Kier alpha value is -2.37. The summed E-state index contributed by atoms with van der Waals surface area (Å²) in [7, 11) is 0. The van der Waals surface area contributed by atoms with Crippen molar-refractivity contribution >= 4 is 12.0 Å². The first kappa shape index (κ1) is 9.20. The van der Waals surface area contributed by atoms with Gasteiger partial charge in [-0.3, -0.25) is 0 Å². The Bertz CT molecular complexity index is 507. The van der Waals surface area contributed by atoms with Crippen LogP contribution >= 0.6 is 0 Å². The second-order valence-electron chi connectivity index (χ2n) is 2.80. The van der Waals surface area contributed by atoms with Crippen molar-refractivity contribution in [2.24, 2.45) is 0 Å². The van der Waals surface area contributed by atoms with Gasteiger partial charge in [0.15, 0.2) is 0 Å². The van der Waals surface area contributed by atoms with Gasteiger partial charge in [-0.05, 0) is 12.1 Å². The van der Waals surface area contributed by atoms with E-state index in [9.17, 15) is 4.79 Å². The minimum Gasteiger partial charge on any atom is -0.478 e. The van der Waals surface area contributed by atoms with Crippen molar-refractivity contribution in [3.8, 4) is 11.5 Å². The van der Waals surface area contributed by atoms with Crippen LogP contribution < -0.4 is 5.73 Å². The van der Waals surface area contributed by atoms with Crippen LogP contribution in [0, 0.1) is 0 Å². The third-order valence-corrected chi connectivity index (χ3v) is 1.83. The Balaban J connectivity index is 2.57. The lowest BCUT2D eigenvalue weighted by Gasteiger charge is -1.99. The van der Waals surface area contributed by atoms with Gasteiger partial charge in [-0.25, -0.2) is 4.79 Å². The number of rotatable bonds is 2. The van der Waals surface area contributed by atoms with E-state index in [-0.39, 0.29) is 17.5 Å². The second kappa shape index (κ2) is 3.41. The molecule has 0 bridgehead atoms. The number of benzene rings is 1. The van der Waals surface area contributed by atoms with Crippen LogP contribution in [0.1, 0.15) is 10.4 Å². The number of carbonyl (C=O) groups is 1. The molecule has 15 heavy (non-hydrogen) atoms. The summed E-state index contributed by atoms with van der Waals surface area (Å²) in [5, 5.41) is 16.0. The van der Waals surface area contributed by atoms with E-state index in [4.69, 9.17) is 15.3 Å². The summed E-state index contributed by atoms with van der Waals surface area (Å²) in [6.45, 7) is 0. The van der Waals surface area contributed by atoms with Crippen LogP contribution in [0.3, 0.4) is 0 Å². The fraction of sp³-hybridized carbons (Fsp3) is 0. The lowest BCUT2D eigenvalue weighted by molar-refractivity contribution is 0.0697. The van der Waals surface area contributed by atoms with Gasteiger partial charge in [0, 0.05) is 0 Å². The maximum Gasteiger partial charge on any atom is 0.336 e. The maximum atomic E-state index is 10.9. The van der Waals surface area contributed by atoms with E-state index < -0.39 is 5.97 Å². The van der Waals surface area contributed by atoms with Crippen molar-refractivity contribution in [1.29, 1.82) is 0 Å². The van der Waals surface area contributed by atoms with E-state index in [0.717, 1.165) is 0 Å². The number of nitrogens with zero attached hydrogens (tertiary/aromatic N) is 2. The molecule has 1 aromatic carbocycles. The molecule has 6 heteroatoms. The minimum absolute atomic E-state index is 0.0924. The highest BCUT2D eigenvalue weighted by atomic mass is 16.4. The quantitative estimate of drug-likeness (QED) is 0.758. The average molecular weight is 205 g/mol. The first-order chi connectivity index (χ1) is 7.18. The van der Waals surface area contributed by atoms with E-state index in [0.29, 0.717) is 5.56 Å². The number of anilines is 1. The van der Waals surface area contributed by atoms with E-state index in [2.05, 4.69) is 10.2 Å². The van der Waals surface area contributed by atoms with Crippen LogP contribution in [-0.2, 0) is 0 Å². The minimum atomic E-state index is -1.05. The van der Waals surface area contributed by atoms with Crippen LogP contribution in [0.2, 0.25) is 0 Å². The Labute approximate surface area is 84.4 Å². The third-order valence-electron chi connectivity index (χ3n) is 1.83. The molecule has 1 heterocycles. The van der Waals surface area contributed by atoms with E-state index >= 15 is 0 Å². The molecule has 0 saturated carbocycles. The van der Waals surface area contributed by atoms with Crippen LogP contribution in [0.5, 0.6) is 0 Å². The molecule has 0 unspecified atom stereocenters. The highest BCUT2D eigenvalue weighted by Crippen LogP contribution is 2.22. The van der Waals surface area contributed by atoms with Crippen molar-refractivity contribution in [2.75, 3.05) is 5.73 Å².